The van der Waals surface area contributed by atoms with Gasteiger partial charge in [0.15, 0.2) is 0 Å². The molecule has 0 amide bonds. The molecule has 0 spiro atoms. The molecular weight excluding hydrogens is 112 g/mol. The monoisotopic (exact) mass is 128 g/mol. The van der Waals surface area contributed by atoms with Crippen molar-refractivity contribution in [1.29, 1.82) is 0 Å². The van der Waals surface area contributed by atoms with Crippen molar-refractivity contribution in [3.8, 4) is 0 Å². The molecular formula is C7H16N2. The lowest BCUT2D eigenvalue weighted by atomic mass is 10.2. The average molecular weight is 128 g/mol. The van der Waals surface area contributed by atoms with Gasteiger partial charge in [-0.2, -0.15) is 0 Å². The van der Waals surface area contributed by atoms with Crippen molar-refractivity contribution >= 4 is 0 Å². The minimum atomic E-state index is 0.535. The molecule has 0 fully saturated rings. The summed E-state index contributed by atoms with van der Waals surface area (Å²) in [4.78, 5) is 0. The summed E-state index contributed by atoms with van der Waals surface area (Å²) >= 11 is 0. The van der Waals surface area contributed by atoms with Gasteiger partial charge < -0.3 is 10.6 Å². The van der Waals surface area contributed by atoms with E-state index in [4.69, 9.17) is 0 Å². The van der Waals surface area contributed by atoms with Gasteiger partial charge >= 0.3 is 0 Å². The van der Waals surface area contributed by atoms with E-state index < -0.39 is 0 Å². The molecule has 0 saturated carbocycles. The molecule has 2 N–H and O–H groups in total. The molecule has 2 nitrogen and oxygen atoms in total. The molecule has 0 saturated heterocycles. The van der Waals surface area contributed by atoms with Crippen molar-refractivity contribution in [2.24, 2.45) is 0 Å². The molecule has 0 aliphatic carbocycles. The second kappa shape index (κ2) is 5.79. The van der Waals surface area contributed by atoms with Crippen LogP contribution in [0.4, 0.5) is 0 Å². The minimum absolute atomic E-state index is 0.535. The van der Waals surface area contributed by atoms with E-state index in [1.54, 1.807) is 0 Å². The average Bonchev–Trinajstić information content (AvgIpc) is 1.88. The third kappa shape index (κ3) is 4.18. The van der Waals surface area contributed by atoms with Gasteiger partial charge in [-0.3, -0.25) is 0 Å². The van der Waals surface area contributed by atoms with Crippen molar-refractivity contribution < 1.29 is 0 Å². The first-order valence-electron chi connectivity index (χ1n) is 3.28. The Hall–Kier alpha value is -0.340. The summed E-state index contributed by atoms with van der Waals surface area (Å²) in [6, 6.07) is 0.535. The van der Waals surface area contributed by atoms with Gasteiger partial charge in [0, 0.05) is 12.6 Å². The summed E-state index contributed by atoms with van der Waals surface area (Å²) < 4.78 is 0. The molecule has 0 rings (SSSR count). The van der Waals surface area contributed by atoms with E-state index in [0.29, 0.717) is 6.04 Å². The predicted molar refractivity (Wildman–Crippen MR) is 41.6 cm³/mol. The highest BCUT2D eigenvalue weighted by Crippen LogP contribution is 1.88. The second-order valence-electron chi connectivity index (χ2n) is 2.07. The van der Waals surface area contributed by atoms with E-state index >= 15 is 0 Å². The zero-order valence-electron chi connectivity index (χ0n) is 6.28. The van der Waals surface area contributed by atoms with Crippen LogP contribution in [0.25, 0.3) is 0 Å². The van der Waals surface area contributed by atoms with E-state index in [9.17, 15) is 0 Å². The van der Waals surface area contributed by atoms with Crippen LogP contribution in [0.15, 0.2) is 12.7 Å². The minimum Gasteiger partial charge on any atom is -0.318 e. The quantitative estimate of drug-likeness (QED) is 0.523. The zero-order valence-corrected chi connectivity index (χ0v) is 6.28. The van der Waals surface area contributed by atoms with Crippen molar-refractivity contribution in [3.05, 3.63) is 12.7 Å². The van der Waals surface area contributed by atoms with Gasteiger partial charge in [0.2, 0.25) is 0 Å². The summed E-state index contributed by atoms with van der Waals surface area (Å²) in [5.74, 6) is 0. The molecule has 0 aliphatic heterocycles. The molecule has 9 heavy (non-hydrogen) atoms. The van der Waals surface area contributed by atoms with Gasteiger partial charge in [0.1, 0.15) is 0 Å². The van der Waals surface area contributed by atoms with E-state index in [1.165, 1.54) is 0 Å². The van der Waals surface area contributed by atoms with Crippen molar-refractivity contribution in [2.75, 3.05) is 20.6 Å². The van der Waals surface area contributed by atoms with Crippen molar-refractivity contribution in [2.45, 2.75) is 12.5 Å². The molecule has 1 atom stereocenters. The first-order chi connectivity index (χ1) is 4.35. The van der Waals surface area contributed by atoms with Crippen LogP contribution >= 0.6 is 0 Å². The van der Waals surface area contributed by atoms with Gasteiger partial charge in [-0.25, -0.2) is 0 Å². The Bertz CT molecular complexity index is 71.3. The van der Waals surface area contributed by atoms with Crippen molar-refractivity contribution in [1.82, 2.24) is 10.6 Å². The normalized spacial score (nSPS) is 13.1. The number of likely N-dealkylation sites (N-methyl/N-ethyl adjacent to an activating group) is 2. The Labute approximate surface area is 57.3 Å². The van der Waals surface area contributed by atoms with E-state index in [1.807, 2.05) is 20.2 Å². The zero-order chi connectivity index (χ0) is 7.11. The lowest BCUT2D eigenvalue weighted by molar-refractivity contribution is 0.538. The van der Waals surface area contributed by atoms with Crippen LogP contribution in [-0.2, 0) is 0 Å². The largest absolute Gasteiger partial charge is 0.318 e. The molecule has 0 aliphatic rings. The summed E-state index contributed by atoms with van der Waals surface area (Å²) in [7, 11) is 3.92. The summed E-state index contributed by atoms with van der Waals surface area (Å²) in [6.07, 6.45) is 2.95. The predicted octanol–water partition coefficient (Wildman–Crippen LogP) is 0.370. The molecule has 2 heteroatoms. The SMILES string of the molecule is C=CC[C@@H](CNC)NC. The molecule has 0 radical (unpaired) electrons. The molecule has 0 bridgehead atoms. The number of hydrogen-bond donors (Lipinski definition) is 2. The van der Waals surface area contributed by atoms with Gasteiger partial charge in [-0.1, -0.05) is 6.08 Å². The highest BCUT2D eigenvalue weighted by atomic mass is 14.9. The Morgan fingerprint density at radius 1 is 1.56 bits per heavy atom. The summed E-state index contributed by atoms with van der Waals surface area (Å²) in [5, 5.41) is 6.26. The standard InChI is InChI=1S/C7H16N2/c1-4-5-7(9-3)6-8-2/h4,7-9H,1,5-6H2,2-3H3/t7-/m0/s1. The summed E-state index contributed by atoms with van der Waals surface area (Å²) in [5.41, 5.74) is 0. The highest BCUT2D eigenvalue weighted by molar-refractivity contribution is 4.77. The second-order valence-corrected chi connectivity index (χ2v) is 2.07. The third-order valence-electron chi connectivity index (χ3n) is 1.31. The molecule has 0 aromatic carbocycles. The fourth-order valence-corrected chi connectivity index (χ4v) is 0.751. The Morgan fingerprint density at radius 3 is 2.56 bits per heavy atom. The molecule has 0 aromatic heterocycles. The summed E-state index contributed by atoms with van der Waals surface area (Å²) in [6.45, 7) is 4.67. The molecule has 0 unspecified atom stereocenters. The Morgan fingerprint density at radius 2 is 2.22 bits per heavy atom. The molecule has 0 heterocycles. The fraction of sp³-hybridized carbons (Fsp3) is 0.714. The van der Waals surface area contributed by atoms with Crippen LogP contribution in [0.5, 0.6) is 0 Å². The van der Waals surface area contributed by atoms with E-state index in [2.05, 4.69) is 17.2 Å². The number of hydrogen-bond acceptors (Lipinski definition) is 2. The van der Waals surface area contributed by atoms with Crippen molar-refractivity contribution in [3.63, 3.8) is 0 Å². The van der Waals surface area contributed by atoms with Crippen LogP contribution in [-0.4, -0.2) is 26.7 Å². The lowest BCUT2D eigenvalue weighted by Gasteiger charge is -2.11. The van der Waals surface area contributed by atoms with Gasteiger partial charge in [-0.15, -0.1) is 6.58 Å². The Kier molecular flexibility index (Phi) is 5.57. The van der Waals surface area contributed by atoms with Crippen LogP contribution in [0.1, 0.15) is 6.42 Å². The highest BCUT2D eigenvalue weighted by Gasteiger charge is 1.98. The fourth-order valence-electron chi connectivity index (χ4n) is 0.751. The lowest BCUT2D eigenvalue weighted by Crippen LogP contribution is -2.34. The number of nitrogens with one attached hydrogen (secondary N) is 2. The third-order valence-corrected chi connectivity index (χ3v) is 1.31. The maximum absolute atomic E-state index is 3.66. The van der Waals surface area contributed by atoms with Crippen LogP contribution in [0.3, 0.4) is 0 Å². The van der Waals surface area contributed by atoms with Crippen LogP contribution < -0.4 is 10.6 Å². The molecule has 54 valence electrons. The van der Waals surface area contributed by atoms with Gasteiger partial charge in [0.25, 0.3) is 0 Å². The smallest absolute Gasteiger partial charge is 0.0223 e. The van der Waals surface area contributed by atoms with Crippen LogP contribution in [0, 0.1) is 0 Å². The van der Waals surface area contributed by atoms with Gasteiger partial charge in [0.05, 0.1) is 0 Å². The molecule has 0 aromatic rings. The van der Waals surface area contributed by atoms with Crippen LogP contribution in [0.2, 0.25) is 0 Å². The first kappa shape index (κ1) is 8.66. The Balaban J connectivity index is 3.28. The van der Waals surface area contributed by atoms with E-state index in [0.717, 1.165) is 13.0 Å². The maximum atomic E-state index is 3.66. The topological polar surface area (TPSA) is 24.1 Å². The maximum Gasteiger partial charge on any atom is 0.0223 e. The first-order valence-corrected chi connectivity index (χ1v) is 3.28. The van der Waals surface area contributed by atoms with E-state index in [-0.39, 0.29) is 0 Å². The van der Waals surface area contributed by atoms with Gasteiger partial charge in [-0.05, 0) is 20.5 Å². The number of rotatable bonds is 5.